The van der Waals surface area contributed by atoms with E-state index in [9.17, 15) is 4.79 Å². The van der Waals surface area contributed by atoms with Crippen molar-refractivity contribution in [2.75, 3.05) is 0 Å². The molecule has 0 aliphatic heterocycles. The molecule has 0 saturated carbocycles. The average Bonchev–Trinajstić information content (AvgIpc) is 2.48. The molecule has 2 aromatic carbocycles. The quantitative estimate of drug-likeness (QED) is 0.448. The lowest BCUT2D eigenvalue weighted by atomic mass is 10.1. The van der Waals surface area contributed by atoms with Crippen LogP contribution in [-0.4, -0.2) is 0 Å². The summed E-state index contributed by atoms with van der Waals surface area (Å²) in [6.07, 6.45) is 0. The fraction of sp³-hybridized carbons (Fsp3) is 0.118. The lowest BCUT2D eigenvalue weighted by Gasteiger charge is -2.07. The molecule has 0 radical (unpaired) electrons. The topological polar surface area (TPSA) is 30.2 Å². The Labute approximate surface area is 142 Å². The third kappa shape index (κ3) is 3.32. The van der Waals surface area contributed by atoms with E-state index in [-0.39, 0.29) is 5.63 Å². The zero-order valence-corrected chi connectivity index (χ0v) is 14.1. The van der Waals surface area contributed by atoms with Crippen LogP contribution in [-0.2, 0) is 5.75 Å². The maximum atomic E-state index is 11.7. The molecule has 2 nitrogen and oxygen atoms in total. The summed E-state index contributed by atoms with van der Waals surface area (Å²) in [5, 5.41) is 2.24. The molecular formula is C17H12Cl2O2S. The average molecular weight is 351 g/mol. The minimum atomic E-state index is -0.346. The van der Waals surface area contributed by atoms with Crippen LogP contribution >= 0.6 is 35.0 Å². The Morgan fingerprint density at radius 1 is 1.09 bits per heavy atom. The molecule has 0 spiro atoms. The van der Waals surface area contributed by atoms with Gasteiger partial charge in [-0.1, -0.05) is 23.2 Å². The van der Waals surface area contributed by atoms with Gasteiger partial charge in [0.2, 0.25) is 0 Å². The summed E-state index contributed by atoms with van der Waals surface area (Å²) in [6.45, 7) is 1.89. The SMILES string of the molecule is Cc1cc2oc(=O)cc(CSc3ccc(Cl)cc3)c2cc1Cl. The maximum Gasteiger partial charge on any atom is 0.336 e. The highest BCUT2D eigenvalue weighted by Crippen LogP contribution is 2.30. The molecule has 1 heterocycles. The number of fused-ring (bicyclic) bond motifs is 1. The van der Waals surface area contributed by atoms with Gasteiger partial charge >= 0.3 is 5.63 Å². The molecular weight excluding hydrogens is 339 g/mol. The van der Waals surface area contributed by atoms with E-state index in [4.69, 9.17) is 27.6 Å². The van der Waals surface area contributed by atoms with Gasteiger partial charge in [-0.2, -0.15) is 0 Å². The smallest absolute Gasteiger partial charge is 0.336 e. The predicted octanol–water partition coefficient (Wildman–Crippen LogP) is 5.70. The molecule has 112 valence electrons. The summed E-state index contributed by atoms with van der Waals surface area (Å²) in [6, 6.07) is 12.8. The highest BCUT2D eigenvalue weighted by Gasteiger charge is 2.09. The molecule has 0 atom stereocenters. The number of hydrogen-bond donors (Lipinski definition) is 0. The molecule has 3 aromatic rings. The van der Waals surface area contributed by atoms with Crippen LogP contribution in [0, 0.1) is 6.92 Å². The molecule has 22 heavy (non-hydrogen) atoms. The van der Waals surface area contributed by atoms with E-state index in [1.54, 1.807) is 17.8 Å². The van der Waals surface area contributed by atoms with Crippen molar-refractivity contribution in [1.29, 1.82) is 0 Å². The van der Waals surface area contributed by atoms with E-state index in [2.05, 4.69) is 0 Å². The molecule has 0 bridgehead atoms. The molecule has 3 rings (SSSR count). The van der Waals surface area contributed by atoms with Crippen molar-refractivity contribution in [2.24, 2.45) is 0 Å². The Morgan fingerprint density at radius 2 is 1.82 bits per heavy atom. The first kappa shape index (κ1) is 15.5. The number of hydrogen-bond acceptors (Lipinski definition) is 3. The number of rotatable bonds is 3. The molecule has 5 heteroatoms. The van der Waals surface area contributed by atoms with E-state index >= 15 is 0 Å². The lowest BCUT2D eigenvalue weighted by molar-refractivity contribution is 0.559. The molecule has 1 aromatic heterocycles. The molecule has 0 amide bonds. The summed E-state index contributed by atoms with van der Waals surface area (Å²) < 4.78 is 5.26. The van der Waals surface area contributed by atoms with Gasteiger partial charge in [-0.15, -0.1) is 11.8 Å². The van der Waals surface area contributed by atoms with Crippen molar-refractivity contribution in [2.45, 2.75) is 17.6 Å². The first-order chi connectivity index (χ1) is 10.5. The van der Waals surface area contributed by atoms with Gasteiger partial charge in [-0.25, -0.2) is 4.79 Å². The van der Waals surface area contributed by atoms with Crippen molar-refractivity contribution in [3.63, 3.8) is 0 Å². The van der Waals surface area contributed by atoms with E-state index < -0.39 is 0 Å². The van der Waals surface area contributed by atoms with Crippen LogP contribution in [0.1, 0.15) is 11.1 Å². The van der Waals surface area contributed by atoms with Crippen LogP contribution in [0.15, 0.2) is 56.6 Å². The van der Waals surface area contributed by atoms with Gasteiger partial charge < -0.3 is 4.42 Å². The molecule has 0 aliphatic rings. The number of thioether (sulfide) groups is 1. The summed E-state index contributed by atoms with van der Waals surface area (Å²) in [4.78, 5) is 12.8. The van der Waals surface area contributed by atoms with E-state index in [1.807, 2.05) is 37.3 Å². The van der Waals surface area contributed by atoms with Gasteiger partial charge in [0.15, 0.2) is 0 Å². The zero-order valence-electron chi connectivity index (χ0n) is 11.7. The van der Waals surface area contributed by atoms with Crippen LogP contribution in [0.25, 0.3) is 11.0 Å². The molecule has 0 fully saturated rings. The Bertz CT molecular complexity index is 886. The normalized spacial score (nSPS) is 11.0. The van der Waals surface area contributed by atoms with E-state index in [0.29, 0.717) is 21.4 Å². The van der Waals surface area contributed by atoms with Crippen molar-refractivity contribution < 1.29 is 4.42 Å². The summed E-state index contributed by atoms with van der Waals surface area (Å²) in [7, 11) is 0. The Balaban J connectivity index is 1.97. The number of benzene rings is 2. The van der Waals surface area contributed by atoms with Crippen molar-refractivity contribution in [3.05, 3.63) is 74.1 Å². The maximum absolute atomic E-state index is 11.7. The van der Waals surface area contributed by atoms with Gasteiger partial charge in [0.05, 0.1) is 0 Å². The third-order valence-electron chi connectivity index (χ3n) is 3.32. The standard InChI is InChI=1S/C17H12Cl2O2S/c1-10-6-16-14(8-15(10)19)11(7-17(20)21-16)9-22-13-4-2-12(18)3-5-13/h2-8H,9H2,1H3. The van der Waals surface area contributed by atoms with Gasteiger partial charge in [-0.3, -0.25) is 0 Å². The first-order valence-corrected chi connectivity index (χ1v) is 8.38. The van der Waals surface area contributed by atoms with Crippen molar-refractivity contribution in [3.8, 4) is 0 Å². The van der Waals surface area contributed by atoms with E-state index in [1.165, 1.54) is 6.07 Å². The number of halogens is 2. The van der Waals surface area contributed by atoms with Crippen LogP contribution in [0.5, 0.6) is 0 Å². The Morgan fingerprint density at radius 3 is 2.55 bits per heavy atom. The Hall–Kier alpha value is -1.42. The van der Waals surface area contributed by atoms with Gasteiger partial charge in [0.25, 0.3) is 0 Å². The second-order valence-corrected chi connectivity index (χ2v) is 6.82. The Kier molecular flexibility index (Phi) is 4.48. The summed E-state index contributed by atoms with van der Waals surface area (Å²) in [5.74, 6) is 0.656. The minimum absolute atomic E-state index is 0.346. The second kappa shape index (κ2) is 6.37. The highest BCUT2D eigenvalue weighted by atomic mass is 35.5. The van der Waals surface area contributed by atoms with Crippen molar-refractivity contribution in [1.82, 2.24) is 0 Å². The molecule has 0 aliphatic carbocycles. The minimum Gasteiger partial charge on any atom is -0.423 e. The highest BCUT2D eigenvalue weighted by molar-refractivity contribution is 7.98. The predicted molar refractivity (Wildman–Crippen MR) is 93.2 cm³/mol. The zero-order chi connectivity index (χ0) is 15.7. The summed E-state index contributed by atoms with van der Waals surface area (Å²) in [5.41, 5.74) is 2.02. The van der Waals surface area contributed by atoms with Crippen LogP contribution < -0.4 is 5.63 Å². The largest absolute Gasteiger partial charge is 0.423 e. The summed E-state index contributed by atoms with van der Waals surface area (Å²) >= 11 is 13.7. The molecule has 0 unspecified atom stereocenters. The first-order valence-electron chi connectivity index (χ1n) is 6.64. The number of aryl methyl sites for hydroxylation is 1. The van der Waals surface area contributed by atoms with Crippen LogP contribution in [0.2, 0.25) is 10.0 Å². The van der Waals surface area contributed by atoms with Gasteiger partial charge in [0, 0.05) is 32.1 Å². The lowest BCUT2D eigenvalue weighted by Crippen LogP contribution is -2.00. The van der Waals surface area contributed by atoms with E-state index in [0.717, 1.165) is 21.4 Å². The molecule has 0 saturated heterocycles. The second-order valence-electron chi connectivity index (χ2n) is 4.93. The third-order valence-corrected chi connectivity index (χ3v) is 5.04. The van der Waals surface area contributed by atoms with Crippen LogP contribution in [0.3, 0.4) is 0 Å². The monoisotopic (exact) mass is 350 g/mol. The fourth-order valence-corrected chi connectivity index (χ4v) is 3.34. The fourth-order valence-electron chi connectivity index (χ4n) is 2.16. The van der Waals surface area contributed by atoms with Crippen LogP contribution in [0.4, 0.5) is 0 Å². The van der Waals surface area contributed by atoms with Crippen molar-refractivity contribution >= 4 is 45.9 Å². The molecule has 0 N–H and O–H groups in total. The van der Waals surface area contributed by atoms with Gasteiger partial charge in [-0.05, 0) is 54.4 Å². The van der Waals surface area contributed by atoms with Gasteiger partial charge in [0.1, 0.15) is 5.58 Å².